The lowest BCUT2D eigenvalue weighted by Gasteiger charge is -2.34. The van der Waals surface area contributed by atoms with E-state index in [2.05, 4.69) is 49.3 Å². The lowest BCUT2D eigenvalue weighted by atomic mass is 10.2. The van der Waals surface area contributed by atoms with Gasteiger partial charge >= 0.3 is 0 Å². The third-order valence-electron chi connectivity index (χ3n) is 7.01. The van der Waals surface area contributed by atoms with Crippen molar-refractivity contribution in [2.75, 3.05) is 53.5 Å². The molecular weight excluding hydrogens is 526 g/mol. The minimum absolute atomic E-state index is 0.332. The van der Waals surface area contributed by atoms with Crippen molar-refractivity contribution in [2.45, 2.75) is 31.3 Å². The van der Waals surface area contributed by atoms with Gasteiger partial charge in [-0.15, -0.1) is 0 Å². The summed E-state index contributed by atoms with van der Waals surface area (Å²) < 4.78 is 33.1. The van der Waals surface area contributed by atoms with E-state index in [1.807, 2.05) is 12.1 Å². The highest BCUT2D eigenvalue weighted by molar-refractivity contribution is 7.93. The number of likely N-dealkylation sites (N-methyl/N-ethyl adjacent to an activating group) is 1. The van der Waals surface area contributed by atoms with Crippen molar-refractivity contribution >= 4 is 56.1 Å². The van der Waals surface area contributed by atoms with Crippen LogP contribution in [-0.2, 0) is 28.0 Å². The second-order valence-corrected chi connectivity index (χ2v) is 12.3. The van der Waals surface area contributed by atoms with Crippen LogP contribution in [0.3, 0.4) is 0 Å². The summed E-state index contributed by atoms with van der Waals surface area (Å²) in [6, 6.07) is 13.4. The van der Waals surface area contributed by atoms with Gasteiger partial charge in [-0.25, -0.2) is 13.4 Å². The van der Waals surface area contributed by atoms with Gasteiger partial charge in [0.25, 0.3) is 0 Å². The van der Waals surface area contributed by atoms with E-state index in [-0.39, 0.29) is 5.25 Å². The summed E-state index contributed by atoms with van der Waals surface area (Å²) in [6.07, 6.45) is 1.35. The first-order valence-corrected chi connectivity index (χ1v) is 14.6. The Balaban J connectivity index is 1.20. The minimum Gasteiger partial charge on any atom is -0.370 e. The molecule has 0 amide bonds. The van der Waals surface area contributed by atoms with E-state index in [9.17, 15) is 8.42 Å². The molecule has 2 aliphatic heterocycles. The molecular formula is C26H30ClN7O3S. The van der Waals surface area contributed by atoms with Crippen molar-refractivity contribution in [3.8, 4) is 0 Å². The number of aromatic nitrogens is 2. The van der Waals surface area contributed by atoms with Crippen molar-refractivity contribution in [2.24, 2.45) is 0 Å². The van der Waals surface area contributed by atoms with Crippen LogP contribution in [0.5, 0.6) is 0 Å². The van der Waals surface area contributed by atoms with Crippen LogP contribution in [0.2, 0.25) is 5.02 Å². The van der Waals surface area contributed by atoms with Crippen LogP contribution in [0.4, 0.5) is 34.5 Å². The molecule has 2 fully saturated rings. The average Bonchev–Trinajstić information content (AvgIpc) is 3.66. The van der Waals surface area contributed by atoms with Gasteiger partial charge in [-0.2, -0.15) is 4.98 Å². The molecule has 3 heterocycles. The number of ether oxygens (including phenoxy) is 1. The molecule has 38 heavy (non-hydrogen) atoms. The predicted molar refractivity (Wildman–Crippen MR) is 150 cm³/mol. The van der Waals surface area contributed by atoms with Crippen molar-refractivity contribution in [3.63, 3.8) is 0 Å². The maximum absolute atomic E-state index is 12.4. The van der Waals surface area contributed by atoms with Gasteiger partial charge in [-0.05, 0) is 62.4 Å². The summed E-state index contributed by atoms with van der Waals surface area (Å²) in [4.78, 5) is 14.1. The maximum Gasteiger partial charge on any atom is 0.235 e. The molecule has 0 spiro atoms. The molecule has 3 aromatic rings. The number of sulfonamides is 1. The fraction of sp³-hybridized carbons (Fsp3) is 0.385. The molecule has 0 radical (unpaired) electrons. The van der Waals surface area contributed by atoms with Gasteiger partial charge in [0.05, 0.1) is 34.9 Å². The van der Waals surface area contributed by atoms with Crippen molar-refractivity contribution < 1.29 is 13.2 Å². The summed E-state index contributed by atoms with van der Waals surface area (Å²) >= 11 is 6.29. The second kappa shape index (κ2) is 10.2. The van der Waals surface area contributed by atoms with E-state index in [1.54, 1.807) is 18.2 Å². The highest BCUT2D eigenvalue weighted by Gasteiger charge is 2.36. The number of nitrogens with one attached hydrogen (secondary N) is 3. The highest BCUT2D eigenvalue weighted by atomic mass is 35.5. The lowest BCUT2D eigenvalue weighted by Crippen LogP contribution is -2.44. The predicted octanol–water partition coefficient (Wildman–Crippen LogP) is 4.30. The lowest BCUT2D eigenvalue weighted by molar-refractivity contribution is 0.133. The number of hydrogen-bond acceptors (Lipinski definition) is 9. The summed E-state index contributed by atoms with van der Waals surface area (Å²) in [5, 5.41) is 6.61. The number of piperazine rings is 1. The molecule has 1 saturated heterocycles. The molecule has 200 valence electrons. The van der Waals surface area contributed by atoms with Crippen molar-refractivity contribution in [1.82, 2.24) is 14.9 Å². The Kier molecular flexibility index (Phi) is 6.77. The fourth-order valence-corrected chi connectivity index (χ4v) is 6.21. The molecule has 0 unspecified atom stereocenters. The van der Waals surface area contributed by atoms with E-state index < -0.39 is 10.0 Å². The Morgan fingerprint density at radius 1 is 0.947 bits per heavy atom. The Morgan fingerprint density at radius 2 is 1.68 bits per heavy atom. The smallest absolute Gasteiger partial charge is 0.235 e. The second-order valence-electron chi connectivity index (χ2n) is 9.94. The Labute approximate surface area is 227 Å². The number of nitrogens with zero attached hydrogens (tertiary/aromatic N) is 4. The normalized spacial score (nSPS) is 17.8. The molecule has 3 aliphatic rings. The van der Waals surface area contributed by atoms with E-state index in [1.165, 1.54) is 5.69 Å². The molecule has 12 heteroatoms. The molecule has 10 nitrogen and oxygen atoms in total. The van der Waals surface area contributed by atoms with Crippen LogP contribution in [0.25, 0.3) is 0 Å². The standard InChI is InChI=1S/C26H30ClN7O3S/c1-33-10-12-34(13-11-33)19-5-2-17(3-6-19)29-26-30-24-16-37-15-21(24)25(31-26)28-18-4-9-22(27)23(14-18)32-38(35,36)20-7-8-20/h2-6,9,14,20,32H,7-8,10-13,15-16H2,1H3,(H2,28,29,30,31). The van der Waals surface area contributed by atoms with Gasteiger partial charge in [0.15, 0.2) is 0 Å². The third kappa shape index (κ3) is 5.51. The van der Waals surface area contributed by atoms with Gasteiger partial charge < -0.3 is 25.2 Å². The van der Waals surface area contributed by atoms with Crippen LogP contribution in [0.15, 0.2) is 42.5 Å². The summed E-state index contributed by atoms with van der Waals surface area (Å²) in [7, 11) is -1.29. The van der Waals surface area contributed by atoms with Gasteiger partial charge in [0.2, 0.25) is 16.0 Å². The Morgan fingerprint density at radius 3 is 2.42 bits per heavy atom. The van der Waals surface area contributed by atoms with Gasteiger partial charge in [0.1, 0.15) is 5.82 Å². The first-order valence-electron chi connectivity index (χ1n) is 12.7. The molecule has 2 aromatic carbocycles. The topological polar surface area (TPSA) is 112 Å². The maximum atomic E-state index is 12.4. The number of benzene rings is 2. The third-order valence-corrected chi connectivity index (χ3v) is 9.20. The van der Waals surface area contributed by atoms with E-state index in [0.717, 1.165) is 43.1 Å². The van der Waals surface area contributed by atoms with Crippen LogP contribution in [-0.4, -0.2) is 61.8 Å². The number of halogens is 1. The Bertz CT molecular complexity index is 1440. The minimum atomic E-state index is -3.44. The molecule has 1 aliphatic carbocycles. The SMILES string of the molecule is CN1CCN(c2ccc(Nc3nc4c(c(Nc5ccc(Cl)c(NS(=O)(=O)C6CC6)c5)n3)COC4)cc2)CC1. The molecule has 0 atom stereocenters. The molecule has 3 N–H and O–H groups in total. The quantitative estimate of drug-likeness (QED) is 0.374. The fourth-order valence-electron chi connectivity index (χ4n) is 4.59. The Hall–Kier alpha value is -3.12. The van der Waals surface area contributed by atoms with Crippen LogP contribution >= 0.6 is 11.6 Å². The van der Waals surface area contributed by atoms with Crippen molar-refractivity contribution in [1.29, 1.82) is 0 Å². The zero-order valence-corrected chi connectivity index (χ0v) is 22.6. The summed E-state index contributed by atoms with van der Waals surface area (Å²) in [5.41, 5.74) is 4.75. The molecule has 0 bridgehead atoms. The first-order chi connectivity index (χ1) is 18.3. The summed E-state index contributed by atoms with van der Waals surface area (Å²) in [6.45, 7) is 4.94. The zero-order chi connectivity index (χ0) is 26.3. The molecule has 6 rings (SSSR count). The number of fused-ring (bicyclic) bond motifs is 1. The van der Waals surface area contributed by atoms with Crippen LogP contribution in [0.1, 0.15) is 24.1 Å². The van der Waals surface area contributed by atoms with E-state index >= 15 is 0 Å². The monoisotopic (exact) mass is 555 g/mol. The largest absolute Gasteiger partial charge is 0.370 e. The number of anilines is 6. The van der Waals surface area contributed by atoms with Crippen LogP contribution < -0.4 is 20.3 Å². The van der Waals surface area contributed by atoms with Crippen molar-refractivity contribution in [3.05, 3.63) is 58.7 Å². The van der Waals surface area contributed by atoms with Crippen LogP contribution in [0, 0.1) is 0 Å². The molecule has 1 saturated carbocycles. The first kappa shape index (κ1) is 25.2. The van der Waals surface area contributed by atoms with E-state index in [0.29, 0.717) is 54.2 Å². The highest BCUT2D eigenvalue weighted by Crippen LogP contribution is 2.35. The van der Waals surface area contributed by atoms with Gasteiger partial charge in [-0.3, -0.25) is 4.72 Å². The van der Waals surface area contributed by atoms with Gasteiger partial charge in [-0.1, -0.05) is 11.6 Å². The number of hydrogen-bond donors (Lipinski definition) is 3. The van der Waals surface area contributed by atoms with E-state index in [4.69, 9.17) is 21.3 Å². The zero-order valence-electron chi connectivity index (χ0n) is 21.1. The van der Waals surface area contributed by atoms with Gasteiger partial charge in [0, 0.05) is 48.8 Å². The summed E-state index contributed by atoms with van der Waals surface area (Å²) in [5.74, 6) is 1.05. The number of rotatable bonds is 8. The molecule has 1 aromatic heterocycles. The average molecular weight is 556 g/mol.